The van der Waals surface area contributed by atoms with E-state index in [0.717, 1.165) is 17.2 Å². The lowest BCUT2D eigenvalue weighted by atomic mass is 10.0. The lowest BCUT2D eigenvalue weighted by molar-refractivity contribution is -0.161. The Labute approximate surface area is 301 Å². The summed E-state index contributed by atoms with van der Waals surface area (Å²) >= 11 is 0. The van der Waals surface area contributed by atoms with Crippen molar-refractivity contribution in [2.45, 2.75) is 25.4 Å². The molecule has 2 fully saturated rings. The van der Waals surface area contributed by atoms with E-state index in [2.05, 4.69) is 0 Å². The molecule has 0 aliphatic carbocycles. The van der Waals surface area contributed by atoms with Gasteiger partial charge in [0, 0.05) is 32.3 Å². The van der Waals surface area contributed by atoms with Crippen LogP contribution in [-0.2, 0) is 41.8 Å². The van der Waals surface area contributed by atoms with Crippen molar-refractivity contribution in [2.75, 3.05) is 62.4 Å². The van der Waals surface area contributed by atoms with Crippen molar-refractivity contribution in [1.29, 1.82) is 0 Å². The molecular formula is C40H42F2N2O8. The van der Waals surface area contributed by atoms with Crippen LogP contribution in [-0.4, -0.2) is 80.9 Å². The Morgan fingerprint density at radius 1 is 0.692 bits per heavy atom. The minimum atomic E-state index is -1.80. The van der Waals surface area contributed by atoms with Crippen LogP contribution in [0, 0.1) is 11.6 Å². The van der Waals surface area contributed by atoms with E-state index in [1.807, 2.05) is 46.2 Å². The van der Waals surface area contributed by atoms with Crippen molar-refractivity contribution in [3.05, 3.63) is 137 Å². The fourth-order valence-electron chi connectivity index (χ4n) is 5.52. The SMILES string of the molecule is O=C(/C=C/c1ccc(N2CCOCC2)c(F)c1)OCc1ccccc1.O=C(OCc1ccccc1)[C@H](O)[C@@H](O)c1ccc(N2CCOCC2)c(F)c1. The van der Waals surface area contributed by atoms with E-state index < -0.39 is 30.0 Å². The molecule has 0 amide bonds. The number of ether oxygens (including phenoxy) is 4. The van der Waals surface area contributed by atoms with Crippen molar-refractivity contribution in [3.63, 3.8) is 0 Å². The molecule has 4 aromatic rings. The molecule has 6 rings (SSSR count). The van der Waals surface area contributed by atoms with Gasteiger partial charge in [-0.3, -0.25) is 0 Å². The predicted octanol–water partition coefficient (Wildman–Crippen LogP) is 5.22. The summed E-state index contributed by atoms with van der Waals surface area (Å²) in [7, 11) is 0. The van der Waals surface area contributed by atoms with Gasteiger partial charge in [-0.2, -0.15) is 0 Å². The molecule has 2 aliphatic heterocycles. The first-order valence-electron chi connectivity index (χ1n) is 17.0. The molecule has 12 heteroatoms. The zero-order valence-electron chi connectivity index (χ0n) is 28.6. The van der Waals surface area contributed by atoms with Crippen molar-refractivity contribution >= 4 is 29.4 Å². The number of anilines is 2. The normalized spacial score (nSPS) is 15.7. The third-order valence-electron chi connectivity index (χ3n) is 8.39. The molecule has 0 unspecified atom stereocenters. The number of rotatable bonds is 11. The highest BCUT2D eigenvalue weighted by Crippen LogP contribution is 2.26. The summed E-state index contributed by atoms with van der Waals surface area (Å²) in [6.07, 6.45) is -0.519. The molecule has 0 radical (unpaired) electrons. The minimum absolute atomic E-state index is 0.0201. The van der Waals surface area contributed by atoms with E-state index in [1.165, 1.54) is 24.3 Å². The average Bonchev–Trinajstić information content (AvgIpc) is 3.19. The van der Waals surface area contributed by atoms with Gasteiger partial charge in [-0.25, -0.2) is 18.4 Å². The second-order valence-electron chi connectivity index (χ2n) is 12.0. The Morgan fingerprint density at radius 2 is 1.19 bits per heavy atom. The molecular weight excluding hydrogens is 674 g/mol. The Hall–Kier alpha value is -5.14. The van der Waals surface area contributed by atoms with E-state index >= 15 is 0 Å². The average molecular weight is 717 g/mol. The number of hydrogen-bond acceptors (Lipinski definition) is 10. The van der Waals surface area contributed by atoms with Crippen LogP contribution in [0.1, 0.15) is 28.4 Å². The maximum atomic E-state index is 14.4. The monoisotopic (exact) mass is 716 g/mol. The summed E-state index contributed by atoms with van der Waals surface area (Å²) in [5.41, 5.74) is 3.36. The Morgan fingerprint density at radius 3 is 1.71 bits per heavy atom. The van der Waals surface area contributed by atoms with Crippen molar-refractivity contribution < 1.29 is 47.5 Å². The van der Waals surface area contributed by atoms with Crippen LogP contribution in [0.25, 0.3) is 6.08 Å². The van der Waals surface area contributed by atoms with Gasteiger partial charge >= 0.3 is 11.9 Å². The molecule has 4 aromatic carbocycles. The third kappa shape index (κ3) is 11.2. The number of carbonyl (C=O) groups is 2. The fourth-order valence-corrected chi connectivity index (χ4v) is 5.52. The molecule has 2 atom stereocenters. The number of halogens is 2. The molecule has 2 N–H and O–H groups in total. The lowest BCUT2D eigenvalue weighted by Crippen LogP contribution is -2.36. The summed E-state index contributed by atoms with van der Waals surface area (Å²) in [5, 5.41) is 20.3. The number of hydrogen-bond donors (Lipinski definition) is 2. The van der Waals surface area contributed by atoms with Gasteiger partial charge < -0.3 is 39.0 Å². The fraction of sp³-hybridized carbons (Fsp3) is 0.300. The summed E-state index contributed by atoms with van der Waals surface area (Å²) < 4.78 is 49.4. The van der Waals surface area contributed by atoms with Gasteiger partial charge in [-0.05, 0) is 52.6 Å². The number of aliphatic hydroxyl groups is 2. The first-order valence-corrected chi connectivity index (χ1v) is 17.0. The molecule has 0 bridgehead atoms. The summed E-state index contributed by atoms with van der Waals surface area (Å²) in [6.45, 7) is 4.97. The Balaban J connectivity index is 0.000000202. The van der Waals surface area contributed by atoms with E-state index in [4.69, 9.17) is 18.9 Å². The van der Waals surface area contributed by atoms with Crippen molar-refractivity contribution in [2.24, 2.45) is 0 Å². The van der Waals surface area contributed by atoms with E-state index in [1.54, 1.807) is 42.5 Å². The van der Waals surface area contributed by atoms with Crippen molar-refractivity contribution in [1.82, 2.24) is 0 Å². The molecule has 0 saturated carbocycles. The molecule has 0 spiro atoms. The van der Waals surface area contributed by atoms with Crippen LogP contribution in [0.15, 0.2) is 103 Å². The van der Waals surface area contributed by atoms with Gasteiger partial charge in [0.25, 0.3) is 0 Å². The molecule has 0 aromatic heterocycles. The highest BCUT2D eigenvalue weighted by molar-refractivity contribution is 5.87. The highest BCUT2D eigenvalue weighted by Gasteiger charge is 2.28. The summed E-state index contributed by atoms with van der Waals surface area (Å²) in [6, 6.07) is 27.5. The molecule has 2 saturated heterocycles. The second-order valence-corrected chi connectivity index (χ2v) is 12.0. The number of aliphatic hydroxyl groups excluding tert-OH is 2. The van der Waals surface area contributed by atoms with E-state index in [9.17, 15) is 28.6 Å². The Kier molecular flexibility index (Phi) is 14.3. The molecule has 2 heterocycles. The summed E-state index contributed by atoms with van der Waals surface area (Å²) in [5.74, 6) is -2.26. The first-order chi connectivity index (χ1) is 25.3. The zero-order valence-corrected chi connectivity index (χ0v) is 28.6. The molecule has 10 nitrogen and oxygen atoms in total. The lowest BCUT2D eigenvalue weighted by Gasteiger charge is -2.29. The molecule has 2 aliphatic rings. The van der Waals surface area contributed by atoms with Crippen molar-refractivity contribution in [3.8, 4) is 0 Å². The number of nitrogens with zero attached hydrogens (tertiary/aromatic N) is 2. The van der Waals surface area contributed by atoms with Crippen LogP contribution < -0.4 is 9.80 Å². The number of esters is 2. The molecule has 52 heavy (non-hydrogen) atoms. The Bertz CT molecular complexity index is 1760. The van der Waals surface area contributed by atoms with Crippen LogP contribution in [0.3, 0.4) is 0 Å². The number of carbonyl (C=O) groups excluding carboxylic acids is 2. The maximum absolute atomic E-state index is 14.4. The number of morpholine rings is 2. The first kappa shape index (κ1) is 38.1. The largest absolute Gasteiger partial charge is 0.459 e. The maximum Gasteiger partial charge on any atom is 0.338 e. The standard InChI is InChI=1S/C20H22FNO5.C20H20FNO3/c21-16-12-15(6-7-17(16)22-8-10-26-11-9-22)18(23)19(24)20(25)27-13-14-4-2-1-3-5-14;21-18-14-16(6-8-19(18)22-10-12-24-13-11-22)7-9-20(23)25-15-17-4-2-1-3-5-17/h1-7,12,18-19,23-24H,8-11,13H2;1-9,14H,10-13,15H2/b;9-7+/t18-,19+;/m0./s1. The van der Waals surface area contributed by atoms with E-state index in [0.29, 0.717) is 69.5 Å². The number of benzene rings is 4. The van der Waals surface area contributed by atoms with Crippen LogP contribution in [0.4, 0.5) is 20.2 Å². The van der Waals surface area contributed by atoms with Gasteiger partial charge in [0.1, 0.15) is 31.0 Å². The van der Waals surface area contributed by atoms with Gasteiger partial charge in [0.15, 0.2) is 6.10 Å². The highest BCUT2D eigenvalue weighted by atomic mass is 19.1. The third-order valence-corrected chi connectivity index (χ3v) is 8.39. The van der Waals surface area contributed by atoms with Crippen LogP contribution >= 0.6 is 0 Å². The zero-order chi connectivity index (χ0) is 36.7. The summed E-state index contributed by atoms with van der Waals surface area (Å²) in [4.78, 5) is 27.6. The van der Waals surface area contributed by atoms with Crippen LogP contribution in [0.5, 0.6) is 0 Å². The smallest absolute Gasteiger partial charge is 0.338 e. The minimum Gasteiger partial charge on any atom is -0.459 e. The van der Waals surface area contributed by atoms with Gasteiger partial charge in [-0.1, -0.05) is 72.8 Å². The van der Waals surface area contributed by atoms with Gasteiger partial charge in [0.2, 0.25) is 0 Å². The predicted molar refractivity (Wildman–Crippen MR) is 191 cm³/mol. The quantitative estimate of drug-likeness (QED) is 0.158. The second kappa shape index (κ2) is 19.5. The van der Waals surface area contributed by atoms with Gasteiger partial charge in [-0.15, -0.1) is 0 Å². The van der Waals surface area contributed by atoms with Gasteiger partial charge in [0.05, 0.1) is 37.8 Å². The topological polar surface area (TPSA) is 118 Å². The van der Waals surface area contributed by atoms with E-state index in [-0.39, 0.29) is 24.6 Å². The van der Waals surface area contributed by atoms with Crippen LogP contribution in [0.2, 0.25) is 0 Å². The molecule has 274 valence electrons.